The summed E-state index contributed by atoms with van der Waals surface area (Å²) in [6.45, 7) is 5.74. The largest absolute Gasteiger partial charge is 0.378 e. The molecule has 0 heterocycles. The first kappa shape index (κ1) is 21.8. The molecule has 2 aromatic rings. The van der Waals surface area contributed by atoms with E-state index in [1.165, 1.54) is 11.8 Å². The number of aryl methyl sites for hydroxylation is 1. The Hall–Kier alpha value is -2.54. The molecular formula is C21H30N4O2S. The van der Waals surface area contributed by atoms with E-state index in [4.69, 9.17) is 0 Å². The summed E-state index contributed by atoms with van der Waals surface area (Å²) in [5.74, 6) is 0.726. The highest BCUT2D eigenvalue weighted by atomic mass is 32.2. The monoisotopic (exact) mass is 402 g/mol. The Labute approximate surface area is 168 Å². The van der Waals surface area contributed by atoms with Gasteiger partial charge in [-0.3, -0.25) is 0 Å². The maximum atomic E-state index is 11.7. The summed E-state index contributed by atoms with van der Waals surface area (Å²) in [5.41, 5.74) is 4.05. The molecule has 0 amide bonds. The van der Waals surface area contributed by atoms with Gasteiger partial charge >= 0.3 is 0 Å². The van der Waals surface area contributed by atoms with Gasteiger partial charge in [0, 0.05) is 39.1 Å². The Balaban J connectivity index is 2.04. The van der Waals surface area contributed by atoms with Crippen LogP contribution in [0.15, 0.2) is 52.4 Å². The minimum Gasteiger partial charge on any atom is -0.378 e. The highest BCUT2D eigenvalue weighted by molar-refractivity contribution is 7.90. The predicted octanol–water partition coefficient (Wildman–Crippen LogP) is 2.72. The Morgan fingerprint density at radius 2 is 1.68 bits per heavy atom. The molecule has 0 aliphatic carbocycles. The number of rotatable bonds is 7. The van der Waals surface area contributed by atoms with Crippen molar-refractivity contribution >= 4 is 21.5 Å². The van der Waals surface area contributed by atoms with Gasteiger partial charge in [0.15, 0.2) is 15.8 Å². The lowest BCUT2D eigenvalue weighted by Gasteiger charge is -2.14. The lowest BCUT2D eigenvalue weighted by molar-refractivity contribution is 0.601. The third-order valence-electron chi connectivity index (χ3n) is 4.32. The zero-order valence-electron chi connectivity index (χ0n) is 17.3. The standard InChI is InChI=1S/C21H30N4O2S/c1-6-22-21(23-14-17-7-10-19(11-8-17)25(3)4)24-15-18-9-12-20(16(2)13-18)28(5,26)27/h7-13H,6,14-15H2,1-5H3,(H2,22,23,24). The molecule has 0 atom stereocenters. The molecule has 7 heteroatoms. The quantitative estimate of drug-likeness (QED) is 0.550. The van der Waals surface area contributed by atoms with Crippen LogP contribution in [0.1, 0.15) is 23.6 Å². The average molecular weight is 403 g/mol. The molecule has 0 aliphatic rings. The van der Waals surface area contributed by atoms with Gasteiger partial charge in [-0.1, -0.05) is 24.3 Å². The maximum Gasteiger partial charge on any atom is 0.191 e. The van der Waals surface area contributed by atoms with Crippen molar-refractivity contribution in [3.8, 4) is 0 Å². The third kappa shape index (κ3) is 6.27. The number of benzene rings is 2. The van der Waals surface area contributed by atoms with E-state index in [1.807, 2.05) is 40.1 Å². The Bertz CT molecular complexity index is 920. The first-order valence-electron chi connectivity index (χ1n) is 9.28. The average Bonchev–Trinajstić information content (AvgIpc) is 2.63. The summed E-state index contributed by atoms with van der Waals surface area (Å²) in [6, 6.07) is 13.7. The first-order chi connectivity index (χ1) is 13.2. The van der Waals surface area contributed by atoms with Crippen molar-refractivity contribution in [3.63, 3.8) is 0 Å². The van der Waals surface area contributed by atoms with E-state index in [9.17, 15) is 8.42 Å². The van der Waals surface area contributed by atoms with Crippen molar-refractivity contribution < 1.29 is 8.42 Å². The highest BCUT2D eigenvalue weighted by Gasteiger charge is 2.10. The van der Waals surface area contributed by atoms with Crippen LogP contribution in [0.25, 0.3) is 0 Å². The Morgan fingerprint density at radius 3 is 2.21 bits per heavy atom. The maximum absolute atomic E-state index is 11.7. The number of hydrogen-bond donors (Lipinski definition) is 2. The van der Waals surface area contributed by atoms with Crippen molar-refractivity contribution in [1.29, 1.82) is 0 Å². The minimum atomic E-state index is -3.20. The van der Waals surface area contributed by atoms with Crippen molar-refractivity contribution in [1.82, 2.24) is 10.6 Å². The Morgan fingerprint density at radius 1 is 1.04 bits per heavy atom. The number of guanidine groups is 1. The van der Waals surface area contributed by atoms with Crippen molar-refractivity contribution in [2.45, 2.75) is 31.8 Å². The van der Waals surface area contributed by atoms with E-state index < -0.39 is 9.84 Å². The molecule has 0 aromatic heterocycles. The van der Waals surface area contributed by atoms with Crippen LogP contribution >= 0.6 is 0 Å². The lowest BCUT2D eigenvalue weighted by atomic mass is 10.1. The van der Waals surface area contributed by atoms with Crippen LogP contribution < -0.4 is 15.5 Å². The minimum absolute atomic E-state index is 0.367. The summed E-state index contributed by atoms with van der Waals surface area (Å²) < 4.78 is 23.5. The second-order valence-electron chi connectivity index (χ2n) is 6.98. The molecule has 2 rings (SSSR count). The van der Waals surface area contributed by atoms with E-state index in [-0.39, 0.29) is 0 Å². The van der Waals surface area contributed by atoms with Crippen molar-refractivity contribution in [3.05, 3.63) is 59.2 Å². The highest BCUT2D eigenvalue weighted by Crippen LogP contribution is 2.17. The molecule has 0 fully saturated rings. The van der Waals surface area contributed by atoms with Gasteiger partial charge < -0.3 is 15.5 Å². The second kappa shape index (κ2) is 9.59. The molecule has 0 spiro atoms. The van der Waals surface area contributed by atoms with Crippen LogP contribution in [0.5, 0.6) is 0 Å². The Kier molecular flexibility index (Phi) is 7.45. The number of hydrogen-bond acceptors (Lipinski definition) is 4. The number of nitrogens with zero attached hydrogens (tertiary/aromatic N) is 2. The zero-order valence-corrected chi connectivity index (χ0v) is 18.1. The summed E-state index contributed by atoms with van der Waals surface area (Å²) in [4.78, 5) is 7.05. The van der Waals surface area contributed by atoms with Crippen LogP contribution in [0.2, 0.25) is 0 Å². The smallest absolute Gasteiger partial charge is 0.191 e. The third-order valence-corrected chi connectivity index (χ3v) is 5.57. The second-order valence-corrected chi connectivity index (χ2v) is 8.97. The molecule has 0 radical (unpaired) electrons. The summed E-state index contributed by atoms with van der Waals surface area (Å²) in [5, 5.41) is 6.57. The number of anilines is 1. The van der Waals surface area contributed by atoms with Crippen molar-refractivity contribution in [2.75, 3.05) is 31.8 Å². The van der Waals surface area contributed by atoms with Gasteiger partial charge in [0.25, 0.3) is 0 Å². The van der Waals surface area contributed by atoms with Gasteiger partial charge in [-0.15, -0.1) is 0 Å². The van der Waals surface area contributed by atoms with E-state index in [0.717, 1.165) is 29.3 Å². The topological polar surface area (TPSA) is 73.8 Å². The van der Waals surface area contributed by atoms with E-state index in [0.29, 0.717) is 18.0 Å². The molecular weight excluding hydrogens is 372 g/mol. The van der Waals surface area contributed by atoms with E-state index >= 15 is 0 Å². The van der Waals surface area contributed by atoms with Crippen LogP contribution in [-0.4, -0.2) is 41.3 Å². The summed E-state index contributed by atoms with van der Waals surface area (Å²) in [7, 11) is 0.841. The molecule has 2 N–H and O–H groups in total. The first-order valence-corrected chi connectivity index (χ1v) is 11.2. The fourth-order valence-corrected chi connectivity index (χ4v) is 3.79. The molecule has 2 aromatic carbocycles. The number of aliphatic imine (C=N–C) groups is 1. The fourth-order valence-electron chi connectivity index (χ4n) is 2.84. The molecule has 6 nitrogen and oxygen atoms in total. The van der Waals surface area contributed by atoms with Crippen LogP contribution in [0.4, 0.5) is 5.69 Å². The molecule has 28 heavy (non-hydrogen) atoms. The molecule has 0 unspecified atom stereocenters. The zero-order chi connectivity index (χ0) is 20.7. The van der Waals surface area contributed by atoms with Gasteiger partial charge in [-0.05, 0) is 48.7 Å². The molecule has 152 valence electrons. The van der Waals surface area contributed by atoms with Crippen LogP contribution in [0, 0.1) is 6.92 Å². The summed E-state index contributed by atoms with van der Waals surface area (Å²) >= 11 is 0. The van der Waals surface area contributed by atoms with Gasteiger partial charge in [-0.2, -0.15) is 0 Å². The number of nitrogens with one attached hydrogen (secondary N) is 2. The van der Waals surface area contributed by atoms with Crippen LogP contribution in [0.3, 0.4) is 0 Å². The summed E-state index contributed by atoms with van der Waals surface area (Å²) in [6.07, 6.45) is 1.23. The fraction of sp³-hybridized carbons (Fsp3) is 0.381. The van der Waals surface area contributed by atoms with E-state index in [1.54, 1.807) is 6.07 Å². The lowest BCUT2D eigenvalue weighted by Crippen LogP contribution is -2.36. The van der Waals surface area contributed by atoms with Gasteiger partial charge in [0.05, 0.1) is 11.4 Å². The van der Waals surface area contributed by atoms with Gasteiger partial charge in [0.1, 0.15) is 0 Å². The van der Waals surface area contributed by atoms with Gasteiger partial charge in [0.2, 0.25) is 0 Å². The van der Waals surface area contributed by atoms with Crippen molar-refractivity contribution in [2.24, 2.45) is 4.99 Å². The van der Waals surface area contributed by atoms with Gasteiger partial charge in [-0.25, -0.2) is 13.4 Å². The predicted molar refractivity (Wildman–Crippen MR) is 117 cm³/mol. The molecule has 0 bridgehead atoms. The van der Waals surface area contributed by atoms with Crippen LogP contribution in [-0.2, 0) is 22.9 Å². The molecule has 0 aliphatic heterocycles. The van der Waals surface area contributed by atoms with E-state index in [2.05, 4.69) is 44.8 Å². The number of sulfone groups is 1. The SMILES string of the molecule is CCNC(=NCc1ccc(S(C)(=O)=O)c(C)c1)NCc1ccc(N(C)C)cc1. The molecule has 0 saturated carbocycles. The molecule has 0 saturated heterocycles. The normalized spacial score (nSPS) is 12.0.